The first-order chi connectivity index (χ1) is 13.0. The molecule has 1 aromatic heterocycles. The van der Waals surface area contributed by atoms with Gasteiger partial charge in [-0.05, 0) is 47.3 Å². The van der Waals surface area contributed by atoms with E-state index < -0.39 is 10.0 Å². The molecule has 136 valence electrons. The molecule has 27 heavy (non-hydrogen) atoms. The molecule has 0 aliphatic carbocycles. The zero-order chi connectivity index (χ0) is 19.3. The van der Waals surface area contributed by atoms with Gasteiger partial charge in [-0.25, -0.2) is 8.42 Å². The zero-order valence-electron chi connectivity index (χ0n) is 14.0. The van der Waals surface area contributed by atoms with Crippen LogP contribution in [0.3, 0.4) is 0 Å². The van der Waals surface area contributed by atoms with Crippen LogP contribution in [0.1, 0.15) is 21.5 Å². The van der Waals surface area contributed by atoms with Gasteiger partial charge >= 0.3 is 0 Å². The van der Waals surface area contributed by atoms with Crippen molar-refractivity contribution >= 4 is 33.0 Å². The highest BCUT2D eigenvalue weighted by atomic mass is 32.2. The number of carbonyl (C=O) groups is 1. The fourth-order valence-electron chi connectivity index (χ4n) is 2.33. The highest BCUT2D eigenvalue weighted by molar-refractivity contribution is 7.94. The molecule has 3 aromatic rings. The number of hydrogen-bond acceptors (Lipinski definition) is 5. The summed E-state index contributed by atoms with van der Waals surface area (Å²) in [5.74, 6) is -0.323. The lowest BCUT2D eigenvalue weighted by Crippen LogP contribution is -2.23. The standard InChI is InChI=1S/C19H15N3O3S2/c20-12-14-6-8-15(9-7-14)13-21-19(23)16-3-1-4-17(11-16)22-27(24,25)18-5-2-10-26-18/h1-11,22H,13H2,(H,21,23). The fraction of sp³-hybridized carbons (Fsp3) is 0.0526. The number of amides is 1. The molecular weight excluding hydrogens is 382 g/mol. The van der Waals surface area contributed by atoms with Gasteiger partial charge in [0.05, 0.1) is 11.6 Å². The van der Waals surface area contributed by atoms with Gasteiger partial charge in [-0.1, -0.05) is 24.3 Å². The summed E-state index contributed by atoms with van der Waals surface area (Å²) < 4.78 is 27.2. The minimum absolute atomic E-state index is 0.207. The molecule has 0 saturated heterocycles. The number of carbonyl (C=O) groups excluding carboxylic acids is 1. The van der Waals surface area contributed by atoms with E-state index in [0.29, 0.717) is 23.4 Å². The average Bonchev–Trinajstić information content (AvgIpc) is 3.22. The molecule has 0 fully saturated rings. The number of benzene rings is 2. The summed E-state index contributed by atoms with van der Waals surface area (Å²) in [6.45, 7) is 0.301. The summed E-state index contributed by atoms with van der Waals surface area (Å²) in [6.07, 6.45) is 0. The van der Waals surface area contributed by atoms with Crippen LogP contribution in [0.25, 0.3) is 0 Å². The lowest BCUT2D eigenvalue weighted by atomic mass is 10.1. The Bertz CT molecular complexity index is 1080. The van der Waals surface area contributed by atoms with E-state index in [1.54, 1.807) is 53.9 Å². The van der Waals surface area contributed by atoms with E-state index in [0.717, 1.165) is 16.9 Å². The molecule has 0 bridgehead atoms. The summed E-state index contributed by atoms with van der Waals surface area (Å²) >= 11 is 1.12. The minimum atomic E-state index is -3.66. The maximum Gasteiger partial charge on any atom is 0.271 e. The molecule has 0 aliphatic rings. The molecule has 1 amide bonds. The third kappa shape index (κ3) is 4.73. The van der Waals surface area contributed by atoms with Gasteiger partial charge in [-0.3, -0.25) is 9.52 Å². The van der Waals surface area contributed by atoms with Crippen LogP contribution < -0.4 is 10.0 Å². The van der Waals surface area contributed by atoms with E-state index in [-0.39, 0.29) is 10.1 Å². The zero-order valence-corrected chi connectivity index (χ0v) is 15.7. The predicted octanol–water partition coefficient (Wildman–Crippen LogP) is 3.35. The summed E-state index contributed by atoms with van der Waals surface area (Å²) in [5.41, 5.74) is 2.07. The maximum atomic E-state index is 12.3. The second-order valence-electron chi connectivity index (χ2n) is 5.61. The Morgan fingerprint density at radius 3 is 2.52 bits per heavy atom. The Hall–Kier alpha value is -3.15. The molecule has 1 heterocycles. The van der Waals surface area contributed by atoms with Crippen LogP contribution in [0.2, 0.25) is 0 Å². The molecule has 2 aromatic carbocycles. The van der Waals surface area contributed by atoms with E-state index in [2.05, 4.69) is 10.0 Å². The van der Waals surface area contributed by atoms with Crippen LogP contribution >= 0.6 is 11.3 Å². The molecule has 3 rings (SSSR count). The Balaban J connectivity index is 1.67. The van der Waals surface area contributed by atoms with Crippen LogP contribution in [0.5, 0.6) is 0 Å². The summed E-state index contributed by atoms with van der Waals surface area (Å²) in [7, 11) is -3.66. The molecule has 0 saturated carbocycles. The Kier molecular flexibility index (Phi) is 5.54. The van der Waals surface area contributed by atoms with Crippen molar-refractivity contribution in [2.75, 3.05) is 4.72 Å². The van der Waals surface area contributed by atoms with Crippen LogP contribution in [0.4, 0.5) is 5.69 Å². The highest BCUT2D eigenvalue weighted by Crippen LogP contribution is 2.20. The van der Waals surface area contributed by atoms with E-state index in [9.17, 15) is 13.2 Å². The fourth-order valence-corrected chi connectivity index (χ4v) is 4.37. The van der Waals surface area contributed by atoms with Crippen LogP contribution in [0.15, 0.2) is 70.3 Å². The first kappa shape index (κ1) is 18.6. The molecule has 2 N–H and O–H groups in total. The first-order valence-corrected chi connectivity index (χ1v) is 10.3. The minimum Gasteiger partial charge on any atom is -0.348 e. The molecule has 0 radical (unpaired) electrons. The number of thiophene rings is 1. The van der Waals surface area contributed by atoms with Gasteiger partial charge in [-0.15, -0.1) is 11.3 Å². The SMILES string of the molecule is N#Cc1ccc(CNC(=O)c2cccc(NS(=O)(=O)c3cccs3)c2)cc1. The predicted molar refractivity (Wildman–Crippen MR) is 104 cm³/mol. The van der Waals surface area contributed by atoms with E-state index in [1.807, 2.05) is 6.07 Å². The van der Waals surface area contributed by atoms with Crippen LogP contribution in [0, 0.1) is 11.3 Å². The van der Waals surface area contributed by atoms with Gasteiger partial charge in [0.1, 0.15) is 4.21 Å². The number of nitrogens with zero attached hydrogens (tertiary/aromatic N) is 1. The normalized spacial score (nSPS) is 10.8. The van der Waals surface area contributed by atoms with Crippen molar-refractivity contribution in [2.45, 2.75) is 10.8 Å². The summed E-state index contributed by atoms with van der Waals surface area (Å²) in [4.78, 5) is 12.3. The van der Waals surface area contributed by atoms with Crippen LogP contribution in [-0.2, 0) is 16.6 Å². The number of nitriles is 1. The number of hydrogen-bond donors (Lipinski definition) is 2. The first-order valence-electron chi connectivity index (χ1n) is 7.91. The van der Waals surface area contributed by atoms with E-state index >= 15 is 0 Å². The maximum absolute atomic E-state index is 12.3. The summed E-state index contributed by atoms with van der Waals surface area (Å²) in [5, 5.41) is 13.2. The molecular formula is C19H15N3O3S2. The van der Waals surface area contributed by atoms with E-state index in [4.69, 9.17) is 5.26 Å². The van der Waals surface area contributed by atoms with Crippen molar-refractivity contribution in [3.8, 4) is 6.07 Å². The molecule has 0 spiro atoms. The molecule has 8 heteroatoms. The number of anilines is 1. The number of rotatable bonds is 6. The molecule has 0 atom stereocenters. The Labute approximate surface area is 161 Å². The van der Waals surface area contributed by atoms with E-state index in [1.165, 1.54) is 12.1 Å². The monoisotopic (exact) mass is 397 g/mol. The topological polar surface area (TPSA) is 99.1 Å². The third-order valence-electron chi connectivity index (χ3n) is 3.67. The molecule has 0 unspecified atom stereocenters. The second-order valence-corrected chi connectivity index (χ2v) is 8.47. The van der Waals surface area contributed by atoms with Gasteiger partial charge in [0.15, 0.2) is 0 Å². The Morgan fingerprint density at radius 2 is 1.85 bits per heavy atom. The third-order valence-corrected chi connectivity index (χ3v) is 6.45. The lowest BCUT2D eigenvalue weighted by Gasteiger charge is -2.09. The Morgan fingerprint density at radius 1 is 1.07 bits per heavy atom. The second kappa shape index (κ2) is 8.03. The highest BCUT2D eigenvalue weighted by Gasteiger charge is 2.16. The van der Waals surface area contributed by atoms with Gasteiger partial charge in [0, 0.05) is 17.8 Å². The largest absolute Gasteiger partial charge is 0.348 e. The number of sulfonamides is 1. The molecule has 6 nitrogen and oxygen atoms in total. The van der Waals surface area contributed by atoms with Gasteiger partial charge in [0.2, 0.25) is 0 Å². The van der Waals surface area contributed by atoms with Gasteiger partial charge < -0.3 is 5.32 Å². The van der Waals surface area contributed by atoms with Crippen molar-refractivity contribution in [2.24, 2.45) is 0 Å². The van der Waals surface area contributed by atoms with Gasteiger partial charge in [-0.2, -0.15) is 5.26 Å². The lowest BCUT2D eigenvalue weighted by molar-refractivity contribution is 0.0951. The van der Waals surface area contributed by atoms with Crippen LogP contribution in [-0.4, -0.2) is 14.3 Å². The average molecular weight is 397 g/mol. The van der Waals surface area contributed by atoms with Crippen molar-refractivity contribution in [3.63, 3.8) is 0 Å². The van der Waals surface area contributed by atoms with Crippen molar-refractivity contribution in [1.82, 2.24) is 5.32 Å². The smallest absolute Gasteiger partial charge is 0.271 e. The quantitative estimate of drug-likeness (QED) is 0.666. The van der Waals surface area contributed by atoms with Crippen molar-refractivity contribution in [3.05, 3.63) is 82.7 Å². The number of nitrogens with one attached hydrogen (secondary N) is 2. The summed E-state index contributed by atoms with van der Waals surface area (Å²) in [6, 6.07) is 18.4. The van der Waals surface area contributed by atoms with Crippen molar-refractivity contribution < 1.29 is 13.2 Å². The molecule has 0 aliphatic heterocycles. The van der Waals surface area contributed by atoms with Crippen molar-refractivity contribution in [1.29, 1.82) is 5.26 Å². The van der Waals surface area contributed by atoms with Gasteiger partial charge in [0.25, 0.3) is 15.9 Å².